The lowest BCUT2D eigenvalue weighted by Gasteiger charge is -2.07. The van der Waals surface area contributed by atoms with Gasteiger partial charge in [-0.15, -0.1) is 0 Å². The van der Waals surface area contributed by atoms with Crippen molar-refractivity contribution >= 4 is 50.4 Å². The van der Waals surface area contributed by atoms with Gasteiger partial charge in [0, 0.05) is 35.0 Å². The molecule has 0 unspecified atom stereocenters. The molecular formula is C17H24N4O6S2. The highest BCUT2D eigenvalue weighted by atomic mass is 33.1. The number of hydrogen-bond acceptors (Lipinski definition) is 8. The van der Waals surface area contributed by atoms with Crippen LogP contribution in [0.3, 0.4) is 0 Å². The number of carboxylic acid groups (broad SMARTS) is 3. The van der Waals surface area contributed by atoms with Crippen LogP contribution in [-0.2, 0) is 20.8 Å². The first-order valence-corrected chi connectivity index (χ1v) is 10.9. The average molecular weight is 445 g/mol. The number of carboxylic acids is 3. The van der Waals surface area contributed by atoms with Crippen molar-refractivity contribution in [1.29, 1.82) is 0 Å². The summed E-state index contributed by atoms with van der Waals surface area (Å²) in [6.07, 6.45) is 2.16. The average Bonchev–Trinajstić information content (AvgIpc) is 3.08. The van der Waals surface area contributed by atoms with Crippen molar-refractivity contribution in [1.82, 2.24) is 4.98 Å². The van der Waals surface area contributed by atoms with Crippen molar-refractivity contribution in [2.24, 2.45) is 17.2 Å². The van der Waals surface area contributed by atoms with E-state index in [-0.39, 0.29) is 11.5 Å². The molecule has 2 aromatic rings. The Hall–Kier alpha value is -2.25. The lowest BCUT2D eigenvalue weighted by atomic mass is 10.1. The van der Waals surface area contributed by atoms with E-state index in [9.17, 15) is 14.4 Å². The molecule has 0 bridgehead atoms. The van der Waals surface area contributed by atoms with E-state index in [1.165, 1.54) is 21.6 Å². The number of nitrogens with two attached hydrogens (primary N) is 3. The first-order valence-electron chi connectivity index (χ1n) is 8.38. The Morgan fingerprint density at radius 2 is 1.34 bits per heavy atom. The van der Waals surface area contributed by atoms with E-state index in [2.05, 4.69) is 4.98 Å². The summed E-state index contributed by atoms with van der Waals surface area (Å²) in [6, 6.07) is 5.07. The Balaban J connectivity index is 0.000000291. The van der Waals surface area contributed by atoms with Crippen LogP contribution in [0.15, 0.2) is 30.5 Å². The van der Waals surface area contributed by atoms with Crippen LogP contribution in [0.1, 0.15) is 5.56 Å². The quantitative estimate of drug-likeness (QED) is 0.196. The number of aromatic amines is 1. The van der Waals surface area contributed by atoms with E-state index < -0.39 is 36.0 Å². The van der Waals surface area contributed by atoms with Crippen LogP contribution >= 0.6 is 21.6 Å². The zero-order valence-corrected chi connectivity index (χ0v) is 17.0. The molecule has 0 aliphatic rings. The minimum atomic E-state index is -1.07. The Morgan fingerprint density at radius 1 is 0.862 bits per heavy atom. The highest BCUT2D eigenvalue weighted by Gasteiger charge is 2.15. The van der Waals surface area contributed by atoms with E-state index in [0.29, 0.717) is 6.42 Å². The summed E-state index contributed by atoms with van der Waals surface area (Å²) in [5, 5.41) is 26.6. The van der Waals surface area contributed by atoms with Crippen molar-refractivity contribution in [3.63, 3.8) is 0 Å². The fraction of sp³-hybridized carbons (Fsp3) is 0.353. The van der Waals surface area contributed by atoms with E-state index in [4.69, 9.17) is 32.5 Å². The molecule has 0 amide bonds. The highest BCUT2D eigenvalue weighted by Crippen LogP contribution is 2.22. The van der Waals surface area contributed by atoms with E-state index in [1.54, 1.807) is 0 Å². The Labute approximate surface area is 174 Å². The standard InChI is InChI=1S/C11H12N2O2.C6H12N2O4S2/c12-9(11(14)15)5-7-6-13-10-4-2-1-3-8(7)10;7-3(5(9)10)1-13-14-2-4(8)6(11)12/h1-4,6,9,13H,5,12H2,(H,14,15);3-4H,1-2,7-8H2,(H,9,10)(H,11,12)/t9-;3-,4-/m00/s1. The molecule has 1 aromatic carbocycles. The van der Waals surface area contributed by atoms with Gasteiger partial charge in [-0.3, -0.25) is 14.4 Å². The number of benzene rings is 1. The predicted molar refractivity (Wildman–Crippen MR) is 114 cm³/mol. The van der Waals surface area contributed by atoms with Gasteiger partial charge in [0.25, 0.3) is 0 Å². The fourth-order valence-corrected chi connectivity index (χ4v) is 4.24. The molecule has 0 aliphatic heterocycles. The highest BCUT2D eigenvalue weighted by molar-refractivity contribution is 8.76. The molecule has 0 radical (unpaired) electrons. The maximum atomic E-state index is 10.6. The van der Waals surface area contributed by atoms with Crippen molar-refractivity contribution in [3.05, 3.63) is 36.0 Å². The van der Waals surface area contributed by atoms with Crippen LogP contribution in [0.2, 0.25) is 0 Å². The van der Waals surface area contributed by atoms with Crippen LogP contribution in [0.5, 0.6) is 0 Å². The molecule has 1 aromatic heterocycles. The minimum Gasteiger partial charge on any atom is -0.480 e. The first-order chi connectivity index (χ1) is 13.6. The van der Waals surface area contributed by atoms with Gasteiger partial charge in [0.1, 0.15) is 18.1 Å². The Kier molecular flexibility index (Phi) is 10.5. The van der Waals surface area contributed by atoms with E-state index in [0.717, 1.165) is 16.5 Å². The van der Waals surface area contributed by atoms with E-state index >= 15 is 0 Å². The SMILES string of the molecule is N[C@@H](CSSC[C@H](N)C(=O)O)C(=O)O.N[C@@H](Cc1c[nH]c2ccccc12)C(=O)O. The van der Waals surface area contributed by atoms with Crippen molar-refractivity contribution in [3.8, 4) is 0 Å². The summed E-state index contributed by atoms with van der Waals surface area (Å²) in [4.78, 5) is 34.2. The first kappa shape index (κ1) is 24.8. The number of aromatic nitrogens is 1. The largest absolute Gasteiger partial charge is 0.480 e. The number of aliphatic carboxylic acids is 3. The number of fused-ring (bicyclic) bond motifs is 1. The molecule has 0 aliphatic carbocycles. The molecule has 3 atom stereocenters. The van der Waals surface area contributed by atoms with Crippen molar-refractivity contribution in [2.45, 2.75) is 24.5 Å². The Morgan fingerprint density at radius 3 is 1.83 bits per heavy atom. The number of carbonyl (C=O) groups is 3. The molecule has 0 fully saturated rings. The molecule has 0 saturated heterocycles. The minimum absolute atomic E-state index is 0.229. The van der Waals surface area contributed by atoms with Gasteiger partial charge >= 0.3 is 17.9 Å². The van der Waals surface area contributed by atoms with Crippen LogP contribution in [0.25, 0.3) is 10.9 Å². The van der Waals surface area contributed by atoms with Gasteiger partial charge in [-0.2, -0.15) is 0 Å². The second kappa shape index (κ2) is 12.3. The van der Waals surface area contributed by atoms with Gasteiger partial charge in [0.15, 0.2) is 0 Å². The third-order valence-electron chi connectivity index (χ3n) is 3.64. The topological polar surface area (TPSA) is 206 Å². The molecule has 29 heavy (non-hydrogen) atoms. The second-order valence-electron chi connectivity index (χ2n) is 5.97. The zero-order chi connectivity index (χ0) is 22.0. The van der Waals surface area contributed by atoms with Crippen LogP contribution in [-0.4, -0.2) is 67.8 Å². The third kappa shape index (κ3) is 8.75. The van der Waals surface area contributed by atoms with Gasteiger partial charge in [-0.05, 0) is 11.6 Å². The van der Waals surface area contributed by atoms with Gasteiger partial charge in [-0.25, -0.2) is 0 Å². The molecule has 10 nitrogen and oxygen atoms in total. The van der Waals surface area contributed by atoms with Crippen molar-refractivity contribution in [2.75, 3.05) is 11.5 Å². The van der Waals surface area contributed by atoms with Crippen LogP contribution in [0.4, 0.5) is 0 Å². The van der Waals surface area contributed by atoms with Crippen LogP contribution < -0.4 is 17.2 Å². The Bertz CT molecular complexity index is 809. The molecular weight excluding hydrogens is 420 g/mol. The molecule has 12 heteroatoms. The fourth-order valence-electron chi connectivity index (χ4n) is 2.01. The second-order valence-corrected chi connectivity index (χ2v) is 8.52. The third-order valence-corrected chi connectivity index (χ3v) is 6.12. The normalized spacial score (nSPS) is 13.8. The van der Waals surface area contributed by atoms with Gasteiger partial charge < -0.3 is 37.5 Å². The summed E-state index contributed by atoms with van der Waals surface area (Å²) < 4.78 is 0. The predicted octanol–water partition coefficient (Wildman–Crippen LogP) is 0.314. The number of rotatable bonds is 10. The smallest absolute Gasteiger partial charge is 0.321 e. The van der Waals surface area contributed by atoms with Gasteiger partial charge in [0.05, 0.1) is 0 Å². The molecule has 0 saturated carbocycles. The van der Waals surface area contributed by atoms with Gasteiger partial charge in [-0.1, -0.05) is 39.8 Å². The molecule has 0 spiro atoms. The molecule has 10 N–H and O–H groups in total. The summed E-state index contributed by atoms with van der Waals surface area (Å²) in [5.41, 5.74) is 17.9. The number of nitrogens with one attached hydrogen (secondary N) is 1. The summed E-state index contributed by atoms with van der Waals surface area (Å²) in [7, 11) is 2.41. The molecule has 1 heterocycles. The van der Waals surface area contributed by atoms with Gasteiger partial charge in [0.2, 0.25) is 0 Å². The maximum Gasteiger partial charge on any atom is 0.321 e. The number of hydrogen-bond donors (Lipinski definition) is 7. The number of H-pyrrole nitrogens is 1. The summed E-state index contributed by atoms with van der Waals surface area (Å²) in [6.45, 7) is 0. The van der Waals surface area contributed by atoms with Crippen LogP contribution in [0, 0.1) is 0 Å². The molecule has 2 rings (SSSR count). The monoisotopic (exact) mass is 444 g/mol. The number of para-hydroxylation sites is 1. The molecule has 160 valence electrons. The van der Waals surface area contributed by atoms with E-state index in [1.807, 2.05) is 30.5 Å². The summed E-state index contributed by atoms with van der Waals surface area (Å²) >= 11 is 0. The van der Waals surface area contributed by atoms with Crippen molar-refractivity contribution < 1.29 is 29.7 Å². The lowest BCUT2D eigenvalue weighted by Crippen LogP contribution is -2.33. The zero-order valence-electron chi connectivity index (χ0n) is 15.4. The summed E-state index contributed by atoms with van der Waals surface area (Å²) in [5.74, 6) is -2.65. The lowest BCUT2D eigenvalue weighted by molar-refractivity contribution is -0.139. The maximum absolute atomic E-state index is 10.6.